The largest absolute Gasteiger partial charge is 0.456 e. The molecule has 0 spiro atoms. The van der Waals surface area contributed by atoms with Gasteiger partial charge in [0, 0.05) is 21.5 Å². The molecule has 10 aromatic rings. The fourth-order valence-electron chi connectivity index (χ4n) is 8.67. The van der Waals surface area contributed by atoms with Crippen molar-refractivity contribution in [2.75, 3.05) is 0 Å². The Morgan fingerprint density at radius 2 is 0.827 bits per heavy atom. The van der Waals surface area contributed by atoms with Crippen LogP contribution < -0.4 is 0 Å². The third-order valence-corrected chi connectivity index (χ3v) is 11.0. The third kappa shape index (κ3) is 4.37. The van der Waals surface area contributed by atoms with Crippen LogP contribution in [0.2, 0.25) is 0 Å². The molecular formula is C50H32O2. The van der Waals surface area contributed by atoms with Crippen LogP contribution in [0.4, 0.5) is 0 Å². The average Bonchev–Trinajstić information content (AvgIpc) is 3.77. The second-order valence-corrected chi connectivity index (χ2v) is 13.8. The molecule has 244 valence electrons. The molecule has 0 fully saturated rings. The molecule has 0 unspecified atom stereocenters. The van der Waals surface area contributed by atoms with Gasteiger partial charge in [0.25, 0.3) is 0 Å². The molecule has 0 atom stereocenters. The van der Waals surface area contributed by atoms with E-state index in [1.54, 1.807) is 0 Å². The van der Waals surface area contributed by atoms with Crippen molar-refractivity contribution in [3.63, 3.8) is 0 Å². The lowest BCUT2D eigenvalue weighted by atomic mass is 9.80. The molecule has 2 heteroatoms. The highest BCUT2D eigenvalue weighted by molar-refractivity contribution is 6.23. The summed E-state index contributed by atoms with van der Waals surface area (Å²) in [4.78, 5) is 0. The van der Waals surface area contributed by atoms with Crippen molar-refractivity contribution in [1.29, 1.82) is 0 Å². The monoisotopic (exact) mass is 664 g/mol. The molecule has 0 saturated carbocycles. The van der Waals surface area contributed by atoms with Gasteiger partial charge in [0.1, 0.15) is 22.3 Å². The fourth-order valence-corrected chi connectivity index (χ4v) is 8.67. The molecular weight excluding hydrogens is 633 g/mol. The lowest BCUT2D eigenvalue weighted by Crippen LogP contribution is -1.99. The van der Waals surface area contributed by atoms with Gasteiger partial charge in [-0.05, 0) is 115 Å². The summed E-state index contributed by atoms with van der Waals surface area (Å²) in [6, 6.07) is 56.8. The Balaban J connectivity index is 1.17. The average molecular weight is 665 g/mol. The number of para-hydroxylation sites is 2. The van der Waals surface area contributed by atoms with Crippen LogP contribution in [-0.2, 0) is 0 Å². The summed E-state index contributed by atoms with van der Waals surface area (Å²) >= 11 is 0. The van der Waals surface area contributed by atoms with Crippen molar-refractivity contribution < 1.29 is 8.83 Å². The summed E-state index contributed by atoms with van der Waals surface area (Å²) in [7, 11) is 0. The maximum atomic E-state index is 6.22. The second kappa shape index (κ2) is 11.4. The number of hydrogen-bond donors (Lipinski definition) is 0. The third-order valence-electron chi connectivity index (χ3n) is 11.0. The molecule has 0 amide bonds. The zero-order chi connectivity index (χ0) is 34.2. The number of furan rings is 2. The summed E-state index contributed by atoms with van der Waals surface area (Å²) in [5.74, 6) is 0. The molecule has 0 saturated heterocycles. The van der Waals surface area contributed by atoms with Gasteiger partial charge in [-0.25, -0.2) is 0 Å². The molecule has 2 nitrogen and oxygen atoms in total. The molecule has 1 aliphatic carbocycles. The van der Waals surface area contributed by atoms with Crippen LogP contribution in [-0.4, -0.2) is 0 Å². The van der Waals surface area contributed by atoms with Crippen LogP contribution in [0.5, 0.6) is 0 Å². The lowest BCUT2D eigenvalue weighted by Gasteiger charge is -2.23. The van der Waals surface area contributed by atoms with Crippen LogP contribution in [0, 0.1) is 0 Å². The highest BCUT2D eigenvalue weighted by atomic mass is 16.3. The van der Waals surface area contributed by atoms with Gasteiger partial charge in [0.2, 0.25) is 0 Å². The quantitative estimate of drug-likeness (QED) is 0.175. The van der Waals surface area contributed by atoms with E-state index in [4.69, 9.17) is 8.83 Å². The van der Waals surface area contributed by atoms with E-state index in [1.807, 2.05) is 18.2 Å². The zero-order valence-electron chi connectivity index (χ0n) is 28.4. The van der Waals surface area contributed by atoms with Crippen molar-refractivity contribution in [3.8, 4) is 22.3 Å². The molecule has 8 aromatic carbocycles. The molecule has 2 heterocycles. The summed E-state index contributed by atoms with van der Waals surface area (Å²) in [6.45, 7) is 0. The number of hydrogen-bond acceptors (Lipinski definition) is 2. The normalized spacial score (nSPS) is 13.5. The van der Waals surface area contributed by atoms with Crippen LogP contribution in [0.1, 0.15) is 24.0 Å². The summed E-state index contributed by atoms with van der Waals surface area (Å²) in [5, 5.41) is 9.62. The van der Waals surface area contributed by atoms with E-state index in [1.165, 1.54) is 66.1 Å². The first-order chi connectivity index (χ1) is 25.8. The first-order valence-corrected chi connectivity index (χ1v) is 18.1. The minimum absolute atomic E-state index is 0.910. The van der Waals surface area contributed by atoms with E-state index in [-0.39, 0.29) is 0 Å². The Kier molecular flexibility index (Phi) is 6.41. The minimum atomic E-state index is 0.910. The molecule has 0 N–H and O–H groups in total. The van der Waals surface area contributed by atoms with Gasteiger partial charge in [0.05, 0.1) is 0 Å². The van der Waals surface area contributed by atoms with E-state index in [9.17, 15) is 0 Å². The maximum Gasteiger partial charge on any atom is 0.135 e. The number of allylic oxidation sites excluding steroid dienone is 4. The predicted molar refractivity (Wildman–Crippen MR) is 219 cm³/mol. The molecule has 0 aliphatic heterocycles. The SMILES string of the molecule is C1=CC(c2c3ccccc3c(-c3ccccc3-c3ccc4oc5ccccc5c4c3)c3ccccc23)=C(c2ccc3oc4ccccc4c3c2)CC1. The van der Waals surface area contributed by atoms with Crippen molar-refractivity contribution >= 4 is 76.6 Å². The molecule has 11 rings (SSSR count). The van der Waals surface area contributed by atoms with E-state index < -0.39 is 0 Å². The Labute approximate surface area is 300 Å². The Morgan fingerprint density at radius 3 is 1.44 bits per heavy atom. The van der Waals surface area contributed by atoms with Gasteiger partial charge < -0.3 is 8.83 Å². The molecule has 0 radical (unpaired) electrons. The zero-order valence-corrected chi connectivity index (χ0v) is 28.4. The first-order valence-electron chi connectivity index (χ1n) is 18.1. The van der Waals surface area contributed by atoms with Gasteiger partial charge in [-0.1, -0.05) is 133 Å². The second-order valence-electron chi connectivity index (χ2n) is 13.8. The Bertz CT molecular complexity index is 3070. The topological polar surface area (TPSA) is 26.3 Å². The highest BCUT2D eigenvalue weighted by Gasteiger charge is 2.23. The van der Waals surface area contributed by atoms with Gasteiger partial charge in [0.15, 0.2) is 0 Å². The van der Waals surface area contributed by atoms with E-state index in [2.05, 4.69) is 152 Å². The van der Waals surface area contributed by atoms with E-state index in [0.29, 0.717) is 0 Å². The van der Waals surface area contributed by atoms with Crippen molar-refractivity contribution in [2.24, 2.45) is 0 Å². The smallest absolute Gasteiger partial charge is 0.135 e. The number of benzene rings is 8. The van der Waals surface area contributed by atoms with Crippen LogP contribution in [0.25, 0.3) is 98.8 Å². The van der Waals surface area contributed by atoms with Gasteiger partial charge >= 0.3 is 0 Å². The van der Waals surface area contributed by atoms with E-state index >= 15 is 0 Å². The lowest BCUT2D eigenvalue weighted by molar-refractivity contribution is 0.668. The van der Waals surface area contributed by atoms with Gasteiger partial charge in [-0.3, -0.25) is 0 Å². The highest BCUT2D eigenvalue weighted by Crippen LogP contribution is 2.48. The van der Waals surface area contributed by atoms with E-state index in [0.717, 1.165) is 56.7 Å². The fraction of sp³-hybridized carbons (Fsp3) is 0.0400. The Hall–Kier alpha value is -6.64. The summed E-state index contributed by atoms with van der Waals surface area (Å²) in [6.07, 6.45) is 6.70. The van der Waals surface area contributed by atoms with Crippen molar-refractivity contribution in [1.82, 2.24) is 0 Å². The van der Waals surface area contributed by atoms with Crippen LogP contribution >= 0.6 is 0 Å². The molecule has 2 aromatic heterocycles. The number of fused-ring (bicyclic) bond motifs is 8. The molecule has 0 bridgehead atoms. The minimum Gasteiger partial charge on any atom is -0.456 e. The van der Waals surface area contributed by atoms with Crippen molar-refractivity contribution in [3.05, 3.63) is 181 Å². The van der Waals surface area contributed by atoms with Gasteiger partial charge in [-0.2, -0.15) is 0 Å². The van der Waals surface area contributed by atoms with Gasteiger partial charge in [-0.15, -0.1) is 0 Å². The number of rotatable bonds is 4. The summed E-state index contributed by atoms with van der Waals surface area (Å²) < 4.78 is 12.4. The Morgan fingerprint density at radius 1 is 0.365 bits per heavy atom. The molecule has 1 aliphatic rings. The van der Waals surface area contributed by atoms with Crippen LogP contribution in [0.15, 0.2) is 179 Å². The molecule has 52 heavy (non-hydrogen) atoms. The standard InChI is InChI=1S/C50H32O2/c1-3-17-37(33(13-1)31-25-27-47-43(29-31)35-15-9-11-23-45(35)51-47)49-39-19-5-7-21-41(39)50(42-22-8-6-20-40(42)49)38-18-4-2-14-34(38)32-26-28-48-44(30-32)36-16-10-12-24-46(36)52-48/h1,3-13,15-30H,2,14H2. The van der Waals surface area contributed by atoms with Crippen molar-refractivity contribution in [2.45, 2.75) is 12.8 Å². The first kappa shape index (κ1) is 29.1. The van der Waals surface area contributed by atoms with Crippen LogP contribution in [0.3, 0.4) is 0 Å². The predicted octanol–water partition coefficient (Wildman–Crippen LogP) is 14.4. The maximum absolute atomic E-state index is 6.22. The summed E-state index contributed by atoms with van der Waals surface area (Å²) in [5.41, 5.74) is 13.8.